The minimum absolute atomic E-state index is 0.168. The van der Waals surface area contributed by atoms with Gasteiger partial charge < -0.3 is 14.4 Å². The van der Waals surface area contributed by atoms with Crippen molar-refractivity contribution in [2.45, 2.75) is 32.4 Å². The largest absolute Gasteiger partial charge is 0.490 e. The lowest BCUT2D eigenvalue weighted by Gasteiger charge is -2.24. The Hall–Kier alpha value is -2.21. The van der Waals surface area contributed by atoms with Crippen LogP contribution in [0.25, 0.3) is 0 Å². The maximum absolute atomic E-state index is 5.88. The van der Waals surface area contributed by atoms with E-state index in [1.165, 1.54) is 0 Å². The molecule has 0 aliphatic carbocycles. The lowest BCUT2D eigenvalue weighted by atomic mass is 10.2. The van der Waals surface area contributed by atoms with Crippen molar-refractivity contribution in [2.24, 2.45) is 0 Å². The predicted octanol–water partition coefficient (Wildman–Crippen LogP) is 2.16. The number of hydrogen-bond donors (Lipinski definition) is 0. The number of ether oxygens (including phenoxy) is 2. The van der Waals surface area contributed by atoms with Crippen LogP contribution >= 0.6 is 0 Å². The molecule has 6 nitrogen and oxygen atoms in total. The number of nitrogens with zero attached hydrogens (tertiary/aromatic N) is 4. The Balaban J connectivity index is 1.76. The summed E-state index contributed by atoms with van der Waals surface area (Å²) in [6.45, 7) is 5.31. The Bertz CT molecular complexity index is 630. The van der Waals surface area contributed by atoms with Gasteiger partial charge in [0.25, 0.3) is 0 Å². The first kappa shape index (κ1) is 15.7. The highest BCUT2D eigenvalue weighted by Crippen LogP contribution is 2.25. The summed E-state index contributed by atoms with van der Waals surface area (Å²) >= 11 is 0. The van der Waals surface area contributed by atoms with E-state index in [4.69, 9.17) is 9.47 Å². The maximum atomic E-state index is 5.88. The summed E-state index contributed by atoms with van der Waals surface area (Å²) < 4.78 is 11.4. The van der Waals surface area contributed by atoms with Crippen molar-refractivity contribution in [1.29, 1.82) is 0 Å². The van der Waals surface area contributed by atoms with E-state index >= 15 is 0 Å². The molecule has 1 fully saturated rings. The molecular weight excluding hydrogens is 292 g/mol. The zero-order valence-electron chi connectivity index (χ0n) is 13.8. The first-order valence-corrected chi connectivity index (χ1v) is 7.80. The number of rotatable bonds is 5. The van der Waals surface area contributed by atoms with Crippen molar-refractivity contribution >= 4 is 5.95 Å². The summed E-state index contributed by atoms with van der Waals surface area (Å²) in [6.07, 6.45) is 4.52. The molecule has 0 spiro atoms. The normalized spacial score (nSPS) is 20.7. The average molecular weight is 314 g/mol. The summed E-state index contributed by atoms with van der Waals surface area (Å²) in [4.78, 5) is 15.4. The summed E-state index contributed by atoms with van der Waals surface area (Å²) in [5, 5.41) is 0. The summed E-state index contributed by atoms with van der Waals surface area (Å²) in [5.74, 6) is 1.52. The van der Waals surface area contributed by atoms with Gasteiger partial charge in [0, 0.05) is 31.2 Å². The van der Waals surface area contributed by atoms with Crippen LogP contribution in [0.4, 0.5) is 5.95 Å². The molecule has 122 valence electrons. The van der Waals surface area contributed by atoms with Gasteiger partial charge in [0.2, 0.25) is 5.95 Å². The monoisotopic (exact) mass is 314 g/mol. The quantitative estimate of drug-likeness (QED) is 0.843. The van der Waals surface area contributed by atoms with Gasteiger partial charge in [0.05, 0.1) is 18.3 Å². The molecule has 3 rings (SSSR count). The fourth-order valence-electron chi connectivity index (χ4n) is 2.91. The van der Waals surface area contributed by atoms with Gasteiger partial charge >= 0.3 is 0 Å². The highest BCUT2D eigenvalue weighted by Gasteiger charge is 2.34. The Labute approximate surface area is 136 Å². The van der Waals surface area contributed by atoms with E-state index in [-0.39, 0.29) is 12.1 Å². The summed E-state index contributed by atoms with van der Waals surface area (Å²) in [5.41, 5.74) is 1.94. The van der Waals surface area contributed by atoms with Gasteiger partial charge in [-0.05, 0) is 38.5 Å². The smallest absolute Gasteiger partial charge is 0.226 e. The van der Waals surface area contributed by atoms with Gasteiger partial charge in [0.15, 0.2) is 0 Å². The van der Waals surface area contributed by atoms with Crippen molar-refractivity contribution in [3.05, 3.63) is 42.0 Å². The van der Waals surface area contributed by atoms with Crippen LogP contribution in [0.5, 0.6) is 5.75 Å². The number of aryl methyl sites for hydroxylation is 2. The molecule has 0 saturated carbocycles. The third-order valence-corrected chi connectivity index (χ3v) is 4.01. The van der Waals surface area contributed by atoms with Crippen LogP contribution < -0.4 is 9.64 Å². The van der Waals surface area contributed by atoms with Gasteiger partial charge in [0.1, 0.15) is 12.4 Å². The van der Waals surface area contributed by atoms with E-state index in [0.717, 1.165) is 36.1 Å². The fourth-order valence-corrected chi connectivity index (χ4v) is 2.91. The van der Waals surface area contributed by atoms with Crippen LogP contribution in [0.1, 0.15) is 17.8 Å². The minimum Gasteiger partial charge on any atom is -0.490 e. The predicted molar refractivity (Wildman–Crippen MR) is 87.8 cm³/mol. The van der Waals surface area contributed by atoms with E-state index < -0.39 is 0 Å². The van der Waals surface area contributed by atoms with E-state index in [9.17, 15) is 0 Å². The molecule has 1 saturated heterocycles. The second-order valence-electron chi connectivity index (χ2n) is 5.85. The van der Waals surface area contributed by atoms with Gasteiger partial charge in [-0.3, -0.25) is 4.98 Å². The first-order valence-electron chi connectivity index (χ1n) is 7.80. The number of methoxy groups -OCH3 is 1. The molecule has 0 amide bonds. The van der Waals surface area contributed by atoms with Crippen LogP contribution in [0.2, 0.25) is 0 Å². The lowest BCUT2D eigenvalue weighted by molar-refractivity contribution is 0.115. The lowest BCUT2D eigenvalue weighted by Crippen LogP contribution is -2.36. The van der Waals surface area contributed by atoms with E-state index in [2.05, 4.69) is 19.9 Å². The van der Waals surface area contributed by atoms with Crippen molar-refractivity contribution in [3.8, 4) is 5.75 Å². The zero-order chi connectivity index (χ0) is 16.2. The van der Waals surface area contributed by atoms with Crippen molar-refractivity contribution in [1.82, 2.24) is 15.0 Å². The maximum Gasteiger partial charge on any atom is 0.226 e. The van der Waals surface area contributed by atoms with E-state index in [1.807, 2.05) is 32.0 Å². The summed E-state index contributed by atoms with van der Waals surface area (Å²) in [6, 6.07) is 5.94. The Morgan fingerprint density at radius 2 is 2.04 bits per heavy atom. The number of pyridine rings is 1. The number of hydrogen-bond acceptors (Lipinski definition) is 6. The summed E-state index contributed by atoms with van der Waals surface area (Å²) in [7, 11) is 1.75. The number of anilines is 1. The molecule has 2 aromatic heterocycles. The molecule has 0 radical (unpaired) electrons. The van der Waals surface area contributed by atoms with Crippen molar-refractivity contribution < 1.29 is 9.47 Å². The van der Waals surface area contributed by atoms with Gasteiger partial charge in [-0.2, -0.15) is 0 Å². The van der Waals surface area contributed by atoms with Gasteiger partial charge in [-0.25, -0.2) is 9.97 Å². The molecule has 6 heteroatoms. The van der Waals surface area contributed by atoms with Crippen LogP contribution in [-0.4, -0.2) is 47.4 Å². The molecule has 0 unspecified atom stereocenters. The van der Waals surface area contributed by atoms with Gasteiger partial charge in [-0.1, -0.05) is 0 Å². The molecular formula is C17H22N4O2. The molecule has 23 heavy (non-hydrogen) atoms. The average Bonchev–Trinajstić information content (AvgIpc) is 2.96. The molecule has 0 aromatic carbocycles. The van der Waals surface area contributed by atoms with Crippen LogP contribution in [-0.2, 0) is 4.74 Å². The molecule has 3 heterocycles. The topological polar surface area (TPSA) is 60.4 Å². The molecule has 1 aliphatic heterocycles. The first-order chi connectivity index (χ1) is 11.2. The van der Waals surface area contributed by atoms with Crippen molar-refractivity contribution in [3.63, 3.8) is 0 Å². The molecule has 0 N–H and O–H groups in total. The second kappa shape index (κ2) is 6.91. The highest BCUT2D eigenvalue weighted by atomic mass is 16.5. The van der Waals surface area contributed by atoms with Gasteiger partial charge in [-0.15, -0.1) is 0 Å². The van der Waals surface area contributed by atoms with Crippen LogP contribution in [0, 0.1) is 13.8 Å². The third kappa shape index (κ3) is 3.76. The molecule has 0 bridgehead atoms. The second-order valence-corrected chi connectivity index (χ2v) is 5.85. The van der Waals surface area contributed by atoms with Crippen molar-refractivity contribution in [2.75, 3.05) is 25.2 Å². The van der Waals surface area contributed by atoms with Crippen LogP contribution in [0.15, 0.2) is 30.6 Å². The molecule has 2 atom stereocenters. The fraction of sp³-hybridized carbons (Fsp3) is 0.471. The molecule has 1 aliphatic rings. The molecule has 2 aromatic rings. The Kier molecular flexibility index (Phi) is 4.71. The SMILES string of the molecule is CO[C@@H]1C[C@@H](COc2cccnc2)N(c2nc(C)cc(C)n2)C1. The Morgan fingerprint density at radius 3 is 2.70 bits per heavy atom. The third-order valence-electron chi connectivity index (χ3n) is 4.01. The van der Waals surface area contributed by atoms with E-state index in [0.29, 0.717) is 6.61 Å². The van der Waals surface area contributed by atoms with Crippen LogP contribution in [0.3, 0.4) is 0 Å². The van der Waals surface area contributed by atoms with E-state index in [1.54, 1.807) is 19.5 Å². The minimum atomic E-state index is 0.168. The zero-order valence-corrected chi connectivity index (χ0v) is 13.8. The standard InChI is InChI=1S/C17H22N4O2/c1-12-7-13(2)20-17(19-12)21-10-16(22-3)8-14(21)11-23-15-5-4-6-18-9-15/h4-7,9,14,16H,8,10-11H2,1-3H3/t14-,16+/m0/s1. The number of aromatic nitrogens is 3. The Morgan fingerprint density at radius 1 is 1.26 bits per heavy atom. The highest BCUT2D eigenvalue weighted by molar-refractivity contribution is 5.36.